The topological polar surface area (TPSA) is 75.1 Å². The summed E-state index contributed by atoms with van der Waals surface area (Å²) in [6.07, 6.45) is 0. The Hall–Kier alpha value is -1.28. The summed E-state index contributed by atoms with van der Waals surface area (Å²) in [5, 5.41) is 4.48. The zero-order valence-corrected chi connectivity index (χ0v) is 11.1. The van der Waals surface area contributed by atoms with Gasteiger partial charge in [0, 0.05) is 17.3 Å². The van der Waals surface area contributed by atoms with Crippen LogP contribution in [-0.4, -0.2) is 27.0 Å². The second kappa shape index (κ2) is 5.87. The van der Waals surface area contributed by atoms with Crippen LogP contribution >= 0.6 is 7.14 Å². The Morgan fingerprint density at radius 2 is 2.00 bits per heavy atom. The van der Waals surface area contributed by atoms with Crippen molar-refractivity contribution in [1.82, 2.24) is 0 Å². The first kappa shape index (κ1) is 13.8. The van der Waals surface area contributed by atoms with Crippen molar-refractivity contribution < 1.29 is 9.30 Å². The zero-order valence-electron chi connectivity index (χ0n) is 10.2. The molecule has 0 spiro atoms. The molecule has 6 heteroatoms. The Labute approximate surface area is 101 Å². The van der Waals surface area contributed by atoms with Crippen molar-refractivity contribution in [2.24, 2.45) is 5.11 Å². The van der Waals surface area contributed by atoms with Gasteiger partial charge in [0.2, 0.25) is 0 Å². The molecule has 0 aliphatic rings. The van der Waals surface area contributed by atoms with Gasteiger partial charge in [-0.1, -0.05) is 29.4 Å². The molecule has 0 amide bonds. The van der Waals surface area contributed by atoms with E-state index in [1.54, 1.807) is 20.4 Å². The summed E-state index contributed by atoms with van der Waals surface area (Å²) in [5.74, 6) is 0. The second-order valence-electron chi connectivity index (χ2n) is 4.12. The van der Waals surface area contributed by atoms with E-state index in [0.29, 0.717) is 6.61 Å². The molecule has 0 bridgehead atoms. The SMILES string of the molecule is COCC(N=[N+]=[N-])c1ccc(P(C)(C)=O)cc1. The summed E-state index contributed by atoms with van der Waals surface area (Å²) >= 11 is 0. The molecule has 17 heavy (non-hydrogen) atoms. The van der Waals surface area contributed by atoms with Gasteiger partial charge in [-0.3, -0.25) is 0 Å². The molecule has 0 radical (unpaired) electrons. The largest absolute Gasteiger partial charge is 0.384 e. The van der Waals surface area contributed by atoms with Gasteiger partial charge in [-0.2, -0.15) is 0 Å². The predicted octanol–water partition coefficient (Wildman–Crippen LogP) is 2.93. The van der Waals surface area contributed by atoms with Crippen molar-refractivity contribution in [3.05, 3.63) is 40.3 Å². The average Bonchev–Trinajstić information content (AvgIpc) is 2.28. The van der Waals surface area contributed by atoms with Crippen LogP contribution in [0.25, 0.3) is 10.4 Å². The summed E-state index contributed by atoms with van der Waals surface area (Å²) in [6, 6.07) is 6.94. The second-order valence-corrected chi connectivity index (χ2v) is 7.34. The number of rotatable bonds is 5. The molecule has 0 aliphatic carbocycles. The number of ether oxygens (including phenoxy) is 1. The lowest BCUT2D eigenvalue weighted by atomic mass is 10.1. The molecule has 5 nitrogen and oxygen atoms in total. The molecule has 0 aliphatic heterocycles. The molecule has 0 heterocycles. The molecule has 0 saturated heterocycles. The molecular formula is C11H16N3O2P. The molecule has 1 unspecified atom stereocenters. The molecule has 92 valence electrons. The van der Waals surface area contributed by atoms with E-state index >= 15 is 0 Å². The van der Waals surface area contributed by atoms with Gasteiger partial charge >= 0.3 is 0 Å². The summed E-state index contributed by atoms with van der Waals surface area (Å²) in [4.78, 5) is 2.79. The number of hydrogen-bond acceptors (Lipinski definition) is 3. The smallest absolute Gasteiger partial charge is 0.109 e. The summed E-state index contributed by atoms with van der Waals surface area (Å²) < 4.78 is 16.8. The van der Waals surface area contributed by atoms with E-state index in [4.69, 9.17) is 10.3 Å². The van der Waals surface area contributed by atoms with Crippen LogP contribution < -0.4 is 5.30 Å². The van der Waals surface area contributed by atoms with Gasteiger partial charge in [0.15, 0.2) is 0 Å². The number of benzene rings is 1. The van der Waals surface area contributed by atoms with Gasteiger partial charge in [0.1, 0.15) is 7.14 Å². The maximum absolute atomic E-state index is 11.8. The number of azide groups is 1. The van der Waals surface area contributed by atoms with E-state index in [-0.39, 0.29) is 6.04 Å². The average molecular weight is 253 g/mol. The third-order valence-corrected chi connectivity index (χ3v) is 3.96. The molecule has 1 rings (SSSR count). The third kappa shape index (κ3) is 3.90. The molecule has 1 atom stereocenters. The van der Waals surface area contributed by atoms with Crippen LogP contribution in [0.15, 0.2) is 29.4 Å². The van der Waals surface area contributed by atoms with Crippen LogP contribution in [0.4, 0.5) is 0 Å². The van der Waals surface area contributed by atoms with Crippen LogP contribution in [-0.2, 0) is 9.30 Å². The highest BCUT2D eigenvalue weighted by molar-refractivity contribution is 7.70. The maximum Gasteiger partial charge on any atom is 0.109 e. The highest BCUT2D eigenvalue weighted by atomic mass is 31.2. The monoisotopic (exact) mass is 253 g/mol. The van der Waals surface area contributed by atoms with Crippen molar-refractivity contribution in [3.8, 4) is 0 Å². The lowest BCUT2D eigenvalue weighted by Crippen LogP contribution is -2.06. The van der Waals surface area contributed by atoms with Gasteiger partial charge in [0.05, 0.1) is 12.6 Å². The fraction of sp³-hybridized carbons (Fsp3) is 0.455. The van der Waals surface area contributed by atoms with Gasteiger partial charge in [-0.05, 0) is 24.4 Å². The predicted molar refractivity (Wildman–Crippen MR) is 69.3 cm³/mol. The molecule has 0 N–H and O–H groups in total. The van der Waals surface area contributed by atoms with Crippen LogP contribution in [0.5, 0.6) is 0 Å². The number of methoxy groups -OCH3 is 1. The van der Waals surface area contributed by atoms with E-state index in [1.807, 2.05) is 24.3 Å². The minimum Gasteiger partial charge on any atom is -0.384 e. The van der Waals surface area contributed by atoms with E-state index < -0.39 is 7.14 Å². The van der Waals surface area contributed by atoms with Crippen LogP contribution in [0.3, 0.4) is 0 Å². The molecular weight excluding hydrogens is 237 g/mol. The minimum absolute atomic E-state index is 0.333. The normalized spacial score (nSPS) is 12.9. The zero-order chi connectivity index (χ0) is 12.9. The van der Waals surface area contributed by atoms with Gasteiger partial charge in [-0.15, -0.1) is 0 Å². The summed E-state index contributed by atoms with van der Waals surface area (Å²) in [7, 11) is -0.678. The van der Waals surface area contributed by atoms with Gasteiger partial charge in [-0.25, -0.2) is 0 Å². The highest BCUT2D eigenvalue weighted by Crippen LogP contribution is 2.34. The third-order valence-electron chi connectivity index (χ3n) is 2.42. The maximum atomic E-state index is 11.8. The molecule has 1 aromatic rings. The van der Waals surface area contributed by atoms with Crippen molar-refractivity contribution in [3.63, 3.8) is 0 Å². The molecule has 0 fully saturated rings. The van der Waals surface area contributed by atoms with E-state index in [1.165, 1.54) is 0 Å². The van der Waals surface area contributed by atoms with Crippen LogP contribution in [0, 0.1) is 0 Å². The number of hydrogen-bond donors (Lipinski definition) is 0. The first-order chi connectivity index (χ1) is 7.99. The van der Waals surface area contributed by atoms with Crippen LogP contribution in [0.1, 0.15) is 11.6 Å². The van der Waals surface area contributed by atoms with E-state index in [0.717, 1.165) is 10.9 Å². The Bertz CT molecular complexity index is 460. The van der Waals surface area contributed by atoms with Crippen molar-refractivity contribution in [2.45, 2.75) is 6.04 Å². The van der Waals surface area contributed by atoms with Gasteiger partial charge < -0.3 is 9.30 Å². The Morgan fingerprint density at radius 1 is 1.41 bits per heavy atom. The van der Waals surface area contributed by atoms with Gasteiger partial charge in [0.25, 0.3) is 0 Å². The Morgan fingerprint density at radius 3 is 2.41 bits per heavy atom. The lowest BCUT2D eigenvalue weighted by molar-refractivity contribution is 0.181. The first-order valence-corrected chi connectivity index (χ1v) is 7.78. The molecule has 0 saturated carbocycles. The first-order valence-electron chi connectivity index (χ1n) is 5.17. The van der Waals surface area contributed by atoms with Crippen molar-refractivity contribution in [2.75, 3.05) is 27.0 Å². The Balaban J connectivity index is 2.99. The highest BCUT2D eigenvalue weighted by Gasteiger charge is 2.13. The van der Waals surface area contributed by atoms with Crippen molar-refractivity contribution >= 4 is 12.4 Å². The van der Waals surface area contributed by atoms with Crippen LogP contribution in [0.2, 0.25) is 0 Å². The molecule has 0 aromatic heterocycles. The van der Waals surface area contributed by atoms with E-state index in [2.05, 4.69) is 10.0 Å². The number of nitrogens with zero attached hydrogens (tertiary/aromatic N) is 3. The molecule has 1 aromatic carbocycles. The fourth-order valence-electron chi connectivity index (χ4n) is 1.47. The summed E-state index contributed by atoms with van der Waals surface area (Å²) in [5.41, 5.74) is 9.33. The fourth-order valence-corrected chi connectivity index (χ4v) is 2.34. The van der Waals surface area contributed by atoms with E-state index in [9.17, 15) is 4.57 Å². The summed E-state index contributed by atoms with van der Waals surface area (Å²) in [6.45, 7) is 3.78. The lowest BCUT2D eigenvalue weighted by Gasteiger charge is -2.12. The van der Waals surface area contributed by atoms with Crippen molar-refractivity contribution in [1.29, 1.82) is 0 Å². The quantitative estimate of drug-likeness (QED) is 0.350. The standard InChI is InChI=1S/C11H16N3O2P/c1-16-8-11(13-14-12)9-4-6-10(7-5-9)17(2,3)15/h4-7,11H,8H2,1-3H3. The minimum atomic E-state index is -2.23. The Kier molecular flexibility index (Phi) is 4.76.